The van der Waals surface area contributed by atoms with Crippen molar-refractivity contribution in [2.45, 2.75) is 25.4 Å². The van der Waals surface area contributed by atoms with Crippen LogP contribution in [-0.2, 0) is 13.0 Å². The molecule has 1 amide bonds. The van der Waals surface area contributed by atoms with Crippen LogP contribution in [0.15, 0.2) is 79.3 Å². The van der Waals surface area contributed by atoms with Gasteiger partial charge in [-0.3, -0.25) is 14.2 Å². The lowest BCUT2D eigenvalue weighted by Crippen LogP contribution is -2.27. The van der Waals surface area contributed by atoms with Crippen molar-refractivity contribution in [2.75, 3.05) is 19.8 Å². The molecule has 0 aliphatic heterocycles. The molecule has 7 rings (SSSR count). The molecule has 12 heteroatoms. The minimum absolute atomic E-state index is 0.0860. The number of carbonyl (C=O) groups is 2. The van der Waals surface area contributed by atoms with Gasteiger partial charge in [0.05, 0.1) is 17.2 Å². The number of aryl methyl sites for hydroxylation is 1. The molecular formula is C34H31N9O3. The highest BCUT2D eigenvalue weighted by atomic mass is 16.3. The van der Waals surface area contributed by atoms with Gasteiger partial charge >= 0.3 is 0 Å². The Kier molecular flexibility index (Phi) is 7.26. The van der Waals surface area contributed by atoms with E-state index in [2.05, 4.69) is 21.5 Å². The number of aromatic hydroxyl groups is 1. The van der Waals surface area contributed by atoms with Crippen molar-refractivity contribution in [3.63, 3.8) is 0 Å². The van der Waals surface area contributed by atoms with Crippen LogP contribution in [-0.4, -0.2) is 65.6 Å². The van der Waals surface area contributed by atoms with E-state index in [0.29, 0.717) is 64.6 Å². The monoisotopic (exact) mass is 613 g/mol. The first-order valence-corrected chi connectivity index (χ1v) is 14.8. The third-order valence-corrected chi connectivity index (χ3v) is 8.17. The molecule has 0 fully saturated rings. The number of phenolic OH excluding ortho intramolecular Hbond substituents is 1. The van der Waals surface area contributed by atoms with Crippen LogP contribution in [0.2, 0.25) is 0 Å². The molecule has 1 aliphatic carbocycles. The molecule has 0 saturated carbocycles. The summed E-state index contributed by atoms with van der Waals surface area (Å²) < 4.78 is 3.67. The van der Waals surface area contributed by atoms with Crippen LogP contribution in [0.3, 0.4) is 0 Å². The lowest BCUT2D eigenvalue weighted by Gasteiger charge is -2.17. The van der Waals surface area contributed by atoms with Crippen molar-refractivity contribution in [3.05, 3.63) is 107 Å². The Labute approximate surface area is 264 Å². The Morgan fingerprint density at radius 2 is 1.98 bits per heavy atom. The zero-order chi connectivity index (χ0) is 31.9. The van der Waals surface area contributed by atoms with Crippen molar-refractivity contribution in [1.82, 2.24) is 39.5 Å². The first-order valence-electron chi connectivity index (χ1n) is 14.8. The highest BCUT2D eigenvalue weighted by Gasteiger charge is 2.27. The standard InChI is InChI=1S/C34H31N9O3/c1-41(2)18-22-15-21(16-23(19-44)30(22)45)34(46)39-27-9-6-20-17-24(7-8-25(20)27)43-32(26-5-3-12-36-31(26)35)38-28-10-11-29(40-33(28)43)42-14-4-13-37-42/h3-5,7-8,10-17,19,27,45H,6,9,18H2,1-2H3,(H2,35,36)(H,39,46)/t27-/m0/s1. The number of aromatic nitrogens is 6. The summed E-state index contributed by atoms with van der Waals surface area (Å²) in [5, 5.41) is 18.0. The Morgan fingerprint density at radius 3 is 2.74 bits per heavy atom. The average Bonchev–Trinajstić information content (AvgIpc) is 3.81. The normalized spacial score (nSPS) is 14.1. The number of hydrogen-bond acceptors (Lipinski definition) is 9. The number of rotatable bonds is 8. The largest absolute Gasteiger partial charge is 0.507 e. The molecule has 0 radical (unpaired) electrons. The van der Waals surface area contributed by atoms with Gasteiger partial charge in [-0.05, 0) is 92.7 Å². The molecule has 0 saturated heterocycles. The molecule has 4 aromatic heterocycles. The number of nitrogens with zero attached hydrogens (tertiary/aromatic N) is 7. The summed E-state index contributed by atoms with van der Waals surface area (Å²) in [7, 11) is 3.71. The SMILES string of the molecule is CN(C)Cc1cc(C(=O)N[C@H]2CCc3cc(-n4c(-c5cccnc5N)nc5ccc(-n6cccn6)nc54)ccc32)cc(C=O)c1O. The van der Waals surface area contributed by atoms with Crippen LogP contribution in [0.1, 0.15) is 49.9 Å². The number of anilines is 1. The van der Waals surface area contributed by atoms with Gasteiger partial charge in [-0.2, -0.15) is 5.10 Å². The summed E-state index contributed by atoms with van der Waals surface area (Å²) in [6.07, 6.45) is 7.20. The second-order valence-electron chi connectivity index (χ2n) is 11.5. The molecule has 2 aromatic carbocycles. The number of aldehydes is 1. The third-order valence-electron chi connectivity index (χ3n) is 8.17. The predicted octanol–water partition coefficient (Wildman–Crippen LogP) is 4.25. The fourth-order valence-electron chi connectivity index (χ4n) is 6.05. The van der Waals surface area contributed by atoms with Crippen LogP contribution in [0, 0.1) is 0 Å². The number of pyridine rings is 2. The Bertz CT molecular complexity index is 2120. The number of phenols is 1. The lowest BCUT2D eigenvalue weighted by atomic mass is 10.0. The van der Waals surface area contributed by atoms with E-state index in [0.717, 1.165) is 23.2 Å². The first kappa shape index (κ1) is 28.9. The molecule has 0 unspecified atom stereocenters. The molecule has 0 spiro atoms. The second-order valence-corrected chi connectivity index (χ2v) is 11.5. The molecule has 230 valence electrons. The van der Waals surface area contributed by atoms with E-state index in [4.69, 9.17) is 15.7 Å². The number of fused-ring (bicyclic) bond motifs is 2. The minimum atomic E-state index is -0.310. The van der Waals surface area contributed by atoms with Gasteiger partial charge in [0.25, 0.3) is 5.91 Å². The minimum Gasteiger partial charge on any atom is -0.507 e. The van der Waals surface area contributed by atoms with Crippen LogP contribution in [0.5, 0.6) is 5.75 Å². The van der Waals surface area contributed by atoms with Gasteiger partial charge in [-0.15, -0.1) is 0 Å². The summed E-state index contributed by atoms with van der Waals surface area (Å²) in [6, 6.07) is 18.3. The fraction of sp³-hybridized carbons (Fsp3) is 0.176. The van der Waals surface area contributed by atoms with Gasteiger partial charge in [0, 0.05) is 41.9 Å². The number of hydrogen-bond donors (Lipinski definition) is 3. The zero-order valence-electron chi connectivity index (χ0n) is 25.3. The van der Waals surface area contributed by atoms with Crippen molar-refractivity contribution in [3.8, 4) is 28.6 Å². The molecule has 6 aromatic rings. The van der Waals surface area contributed by atoms with Crippen LogP contribution < -0.4 is 11.1 Å². The first-order chi connectivity index (χ1) is 22.3. The molecule has 0 bridgehead atoms. The van der Waals surface area contributed by atoms with Crippen LogP contribution in [0.4, 0.5) is 5.82 Å². The van der Waals surface area contributed by atoms with Gasteiger partial charge in [-0.1, -0.05) is 6.07 Å². The van der Waals surface area contributed by atoms with E-state index >= 15 is 0 Å². The van der Waals surface area contributed by atoms with Gasteiger partial charge in [-0.25, -0.2) is 19.6 Å². The number of benzene rings is 2. The zero-order valence-corrected chi connectivity index (χ0v) is 25.3. The Morgan fingerprint density at radius 1 is 1.11 bits per heavy atom. The molecule has 46 heavy (non-hydrogen) atoms. The number of carbonyl (C=O) groups excluding carboxylic acids is 2. The number of nitrogens with two attached hydrogens (primary N) is 1. The Balaban J connectivity index is 1.25. The number of amides is 1. The summed E-state index contributed by atoms with van der Waals surface area (Å²) in [6.45, 7) is 0.386. The molecule has 4 N–H and O–H groups in total. The van der Waals surface area contributed by atoms with Crippen LogP contribution in [0.25, 0.3) is 34.1 Å². The topological polar surface area (TPSA) is 157 Å². The maximum atomic E-state index is 13.4. The van der Waals surface area contributed by atoms with Gasteiger partial charge in [0.15, 0.2) is 23.6 Å². The maximum absolute atomic E-state index is 13.4. The highest BCUT2D eigenvalue weighted by Crippen LogP contribution is 2.36. The smallest absolute Gasteiger partial charge is 0.251 e. The molecule has 12 nitrogen and oxygen atoms in total. The predicted molar refractivity (Wildman–Crippen MR) is 173 cm³/mol. The summed E-state index contributed by atoms with van der Waals surface area (Å²) in [5.74, 6) is 1.20. The summed E-state index contributed by atoms with van der Waals surface area (Å²) in [4.78, 5) is 41.1. The quantitative estimate of drug-likeness (QED) is 0.214. The van der Waals surface area contributed by atoms with Crippen molar-refractivity contribution in [1.29, 1.82) is 0 Å². The van der Waals surface area contributed by atoms with Crippen molar-refractivity contribution in [2.24, 2.45) is 0 Å². The molecule has 1 aliphatic rings. The lowest BCUT2D eigenvalue weighted by molar-refractivity contribution is 0.0936. The maximum Gasteiger partial charge on any atom is 0.251 e. The van der Waals surface area contributed by atoms with Crippen molar-refractivity contribution < 1.29 is 14.7 Å². The Hall–Kier alpha value is -5.88. The number of imidazole rings is 1. The van der Waals surface area contributed by atoms with Crippen molar-refractivity contribution >= 4 is 29.2 Å². The average molecular weight is 614 g/mol. The summed E-state index contributed by atoms with van der Waals surface area (Å²) in [5.41, 5.74) is 12.2. The van der Waals surface area contributed by atoms with E-state index in [9.17, 15) is 14.7 Å². The van der Waals surface area contributed by atoms with Gasteiger partial charge < -0.3 is 21.1 Å². The van der Waals surface area contributed by atoms with Crippen LogP contribution >= 0.6 is 0 Å². The highest BCUT2D eigenvalue weighted by molar-refractivity contribution is 5.97. The van der Waals surface area contributed by atoms with E-state index in [1.807, 2.05) is 72.2 Å². The molecular weight excluding hydrogens is 582 g/mol. The molecule has 4 heterocycles. The van der Waals surface area contributed by atoms with Gasteiger partial charge in [0.1, 0.15) is 17.1 Å². The van der Waals surface area contributed by atoms with E-state index in [1.54, 1.807) is 23.1 Å². The summed E-state index contributed by atoms with van der Waals surface area (Å²) >= 11 is 0. The molecule has 1 atom stereocenters. The van der Waals surface area contributed by atoms with Gasteiger partial charge in [0.2, 0.25) is 0 Å². The number of nitrogen functional groups attached to an aromatic ring is 1. The van der Waals surface area contributed by atoms with E-state index in [1.165, 1.54) is 6.07 Å². The second kappa shape index (κ2) is 11.6. The van der Waals surface area contributed by atoms with E-state index < -0.39 is 0 Å². The van der Waals surface area contributed by atoms with E-state index in [-0.39, 0.29) is 23.3 Å². The third kappa shape index (κ3) is 5.14. The number of nitrogens with one attached hydrogen (secondary N) is 1. The fourth-order valence-corrected chi connectivity index (χ4v) is 6.05.